The molecule has 5 nitrogen and oxygen atoms in total. The van der Waals surface area contributed by atoms with Crippen molar-refractivity contribution in [1.82, 2.24) is 4.31 Å². The number of hydrogen-bond donors (Lipinski definition) is 1. The Balaban J connectivity index is 2.30. The van der Waals surface area contributed by atoms with Gasteiger partial charge < -0.3 is 5.32 Å². The summed E-state index contributed by atoms with van der Waals surface area (Å²) < 4.78 is 26.2. The summed E-state index contributed by atoms with van der Waals surface area (Å²) in [6.45, 7) is 2.06. The highest BCUT2D eigenvalue weighted by molar-refractivity contribution is 9.10. The van der Waals surface area contributed by atoms with E-state index in [1.165, 1.54) is 25.7 Å². The fourth-order valence-electron chi connectivity index (χ4n) is 2.07. The van der Waals surface area contributed by atoms with Crippen molar-refractivity contribution in [2.24, 2.45) is 0 Å². The lowest BCUT2D eigenvalue weighted by atomic mass is 10.1. The molecule has 1 amide bonds. The minimum Gasteiger partial charge on any atom is -0.322 e. The van der Waals surface area contributed by atoms with Crippen molar-refractivity contribution < 1.29 is 13.2 Å². The number of carbonyl (C=O) groups is 1. The maximum atomic E-state index is 12.4. The summed E-state index contributed by atoms with van der Waals surface area (Å²) in [6.07, 6.45) is 0.923. The molecule has 128 valence electrons. The monoisotopic (exact) mass is 410 g/mol. The van der Waals surface area contributed by atoms with Crippen LogP contribution >= 0.6 is 15.9 Å². The highest BCUT2D eigenvalue weighted by atomic mass is 79.9. The van der Waals surface area contributed by atoms with Crippen molar-refractivity contribution in [2.75, 3.05) is 19.4 Å². The van der Waals surface area contributed by atoms with Gasteiger partial charge in [-0.15, -0.1) is 0 Å². The van der Waals surface area contributed by atoms with E-state index < -0.39 is 10.0 Å². The van der Waals surface area contributed by atoms with Crippen LogP contribution in [0.3, 0.4) is 0 Å². The molecule has 24 heavy (non-hydrogen) atoms. The van der Waals surface area contributed by atoms with Gasteiger partial charge in [0.05, 0.1) is 4.90 Å². The van der Waals surface area contributed by atoms with Crippen molar-refractivity contribution in [3.8, 4) is 0 Å². The summed E-state index contributed by atoms with van der Waals surface area (Å²) in [4.78, 5) is 12.5. The molecule has 0 unspecified atom stereocenters. The van der Waals surface area contributed by atoms with Crippen LogP contribution < -0.4 is 5.32 Å². The Morgan fingerprint density at radius 3 is 2.29 bits per heavy atom. The van der Waals surface area contributed by atoms with Crippen molar-refractivity contribution in [3.05, 3.63) is 58.1 Å². The first-order valence-electron chi connectivity index (χ1n) is 7.38. The van der Waals surface area contributed by atoms with Crippen LogP contribution in [-0.2, 0) is 16.4 Å². The smallest absolute Gasteiger partial charge is 0.255 e. The fourth-order valence-corrected chi connectivity index (χ4v) is 3.91. The Morgan fingerprint density at radius 1 is 1.12 bits per heavy atom. The Kier molecular flexibility index (Phi) is 5.79. The molecule has 2 aromatic rings. The Morgan fingerprint density at radius 2 is 1.75 bits per heavy atom. The van der Waals surface area contributed by atoms with Crippen LogP contribution in [0.15, 0.2) is 51.8 Å². The van der Waals surface area contributed by atoms with E-state index in [9.17, 15) is 13.2 Å². The number of sulfonamides is 1. The Hall–Kier alpha value is -1.70. The van der Waals surface area contributed by atoms with E-state index in [4.69, 9.17) is 0 Å². The van der Waals surface area contributed by atoms with E-state index in [2.05, 4.69) is 28.2 Å². The third kappa shape index (κ3) is 4.03. The molecule has 7 heteroatoms. The number of amides is 1. The number of anilines is 1. The molecular formula is C17H19BrN2O3S. The van der Waals surface area contributed by atoms with Gasteiger partial charge >= 0.3 is 0 Å². The number of carbonyl (C=O) groups excluding carboxylic acids is 1. The molecule has 0 aliphatic carbocycles. The standard InChI is InChI=1S/C17H19BrN2O3S/c1-4-12-5-8-14(9-6-12)19-17(21)13-7-10-15(18)16(11-13)24(22,23)20(2)3/h5-11H,4H2,1-3H3,(H,19,21). The highest BCUT2D eigenvalue weighted by Crippen LogP contribution is 2.25. The molecule has 0 aromatic heterocycles. The lowest BCUT2D eigenvalue weighted by Gasteiger charge is -2.14. The molecule has 2 aromatic carbocycles. The van der Waals surface area contributed by atoms with E-state index in [1.54, 1.807) is 12.1 Å². The van der Waals surface area contributed by atoms with Crippen LogP contribution in [0.2, 0.25) is 0 Å². The van der Waals surface area contributed by atoms with E-state index in [-0.39, 0.29) is 16.4 Å². The lowest BCUT2D eigenvalue weighted by Crippen LogP contribution is -2.23. The topological polar surface area (TPSA) is 66.5 Å². The maximum absolute atomic E-state index is 12.4. The normalized spacial score (nSPS) is 11.5. The zero-order valence-corrected chi connectivity index (χ0v) is 16.1. The van der Waals surface area contributed by atoms with Crippen LogP contribution in [0, 0.1) is 0 Å². The summed E-state index contributed by atoms with van der Waals surface area (Å²) in [5.74, 6) is -0.359. The van der Waals surface area contributed by atoms with Crippen LogP contribution in [0.1, 0.15) is 22.8 Å². The summed E-state index contributed by atoms with van der Waals surface area (Å²) in [5.41, 5.74) is 2.12. The molecular weight excluding hydrogens is 392 g/mol. The van der Waals surface area contributed by atoms with E-state index in [1.807, 2.05) is 24.3 Å². The van der Waals surface area contributed by atoms with Crippen molar-refractivity contribution in [3.63, 3.8) is 0 Å². The van der Waals surface area contributed by atoms with Crippen molar-refractivity contribution >= 4 is 37.5 Å². The summed E-state index contributed by atoms with van der Waals surface area (Å²) in [5, 5.41) is 2.77. The number of benzene rings is 2. The van der Waals surface area contributed by atoms with Crippen molar-refractivity contribution in [1.29, 1.82) is 0 Å². The first kappa shape index (κ1) is 18.6. The molecule has 0 saturated carbocycles. The molecule has 0 fully saturated rings. The molecule has 1 N–H and O–H groups in total. The average molecular weight is 411 g/mol. The molecule has 0 aliphatic heterocycles. The van der Waals surface area contributed by atoms with E-state index in [0.29, 0.717) is 10.2 Å². The van der Waals surface area contributed by atoms with Crippen LogP contribution in [0.5, 0.6) is 0 Å². The van der Waals surface area contributed by atoms with Crippen LogP contribution in [0.4, 0.5) is 5.69 Å². The first-order chi connectivity index (χ1) is 11.3. The highest BCUT2D eigenvalue weighted by Gasteiger charge is 2.22. The van der Waals surface area contributed by atoms with Gasteiger partial charge in [0.1, 0.15) is 0 Å². The van der Waals surface area contributed by atoms with Crippen molar-refractivity contribution in [2.45, 2.75) is 18.2 Å². The molecule has 0 aliphatic rings. The number of nitrogens with zero attached hydrogens (tertiary/aromatic N) is 1. The number of aryl methyl sites for hydroxylation is 1. The summed E-state index contributed by atoms with van der Waals surface area (Å²) in [7, 11) is -0.743. The summed E-state index contributed by atoms with van der Waals surface area (Å²) in [6, 6.07) is 12.0. The van der Waals surface area contributed by atoms with Gasteiger partial charge in [-0.05, 0) is 58.2 Å². The van der Waals surface area contributed by atoms with Gasteiger partial charge in [0.15, 0.2) is 0 Å². The van der Waals surface area contributed by atoms with Gasteiger partial charge in [-0.1, -0.05) is 19.1 Å². The van der Waals surface area contributed by atoms with Gasteiger partial charge in [0.2, 0.25) is 10.0 Å². The SMILES string of the molecule is CCc1ccc(NC(=O)c2ccc(Br)c(S(=O)(=O)N(C)C)c2)cc1. The molecule has 0 saturated heterocycles. The predicted molar refractivity (Wildman–Crippen MR) is 98.8 cm³/mol. The molecule has 0 spiro atoms. The molecule has 0 heterocycles. The number of rotatable bonds is 5. The van der Waals surface area contributed by atoms with E-state index in [0.717, 1.165) is 10.7 Å². The van der Waals surface area contributed by atoms with E-state index >= 15 is 0 Å². The minimum absolute atomic E-state index is 0.0569. The second-order valence-corrected chi connectivity index (χ2v) is 8.41. The quantitative estimate of drug-likeness (QED) is 0.819. The Labute approximate surface area is 150 Å². The average Bonchev–Trinajstić information content (AvgIpc) is 2.55. The maximum Gasteiger partial charge on any atom is 0.255 e. The third-order valence-corrected chi connectivity index (χ3v) is 6.38. The van der Waals surface area contributed by atoms with Crippen LogP contribution in [-0.4, -0.2) is 32.7 Å². The minimum atomic E-state index is -3.64. The number of halogens is 1. The zero-order valence-electron chi connectivity index (χ0n) is 13.7. The van der Waals surface area contributed by atoms with Gasteiger partial charge in [-0.25, -0.2) is 12.7 Å². The number of hydrogen-bond acceptors (Lipinski definition) is 3. The predicted octanol–water partition coefficient (Wildman–Crippen LogP) is 3.51. The zero-order chi connectivity index (χ0) is 17.9. The van der Waals surface area contributed by atoms with Gasteiger partial charge in [-0.2, -0.15) is 0 Å². The largest absolute Gasteiger partial charge is 0.322 e. The van der Waals surface area contributed by atoms with Gasteiger partial charge in [0.25, 0.3) is 5.91 Å². The first-order valence-corrected chi connectivity index (χ1v) is 9.61. The second kappa shape index (κ2) is 7.46. The van der Waals surface area contributed by atoms with Gasteiger partial charge in [0, 0.05) is 29.8 Å². The number of nitrogens with one attached hydrogen (secondary N) is 1. The third-order valence-electron chi connectivity index (χ3n) is 3.57. The van der Waals surface area contributed by atoms with Crippen LogP contribution in [0.25, 0.3) is 0 Å². The molecule has 0 atom stereocenters. The summed E-state index contributed by atoms with van der Waals surface area (Å²) >= 11 is 3.23. The molecule has 2 rings (SSSR count). The molecule has 0 radical (unpaired) electrons. The lowest BCUT2D eigenvalue weighted by molar-refractivity contribution is 0.102. The Bertz CT molecular complexity index is 847. The molecule has 0 bridgehead atoms. The fraction of sp³-hybridized carbons (Fsp3) is 0.235. The van der Waals surface area contributed by atoms with Gasteiger partial charge in [-0.3, -0.25) is 4.79 Å². The second-order valence-electron chi connectivity index (χ2n) is 5.44.